The van der Waals surface area contributed by atoms with Gasteiger partial charge in [-0.25, -0.2) is 9.97 Å². The maximum atomic E-state index is 12.3. The Hall–Kier alpha value is -2.44. The Morgan fingerprint density at radius 3 is 2.62 bits per heavy atom. The van der Waals surface area contributed by atoms with Crippen molar-refractivity contribution >= 4 is 28.7 Å². The Bertz CT molecular complexity index is 985. The third kappa shape index (κ3) is 5.34. The molecule has 1 fully saturated rings. The zero-order chi connectivity index (χ0) is 20.1. The average molecular weight is 408 g/mol. The first kappa shape index (κ1) is 19.9. The molecular weight excluding hydrogens is 382 g/mol. The molecule has 2 heterocycles. The van der Waals surface area contributed by atoms with Gasteiger partial charge in [-0.2, -0.15) is 0 Å². The monoisotopic (exact) mass is 407 g/mol. The highest BCUT2D eigenvalue weighted by atomic mass is 32.2. The van der Waals surface area contributed by atoms with Gasteiger partial charge < -0.3 is 10.1 Å². The lowest BCUT2D eigenvalue weighted by Gasteiger charge is -2.12. The quantitative estimate of drug-likeness (QED) is 0.602. The first-order valence-electron chi connectivity index (χ1n) is 10.00. The van der Waals surface area contributed by atoms with E-state index in [2.05, 4.69) is 36.5 Å². The van der Waals surface area contributed by atoms with Gasteiger partial charge in [0, 0.05) is 19.6 Å². The van der Waals surface area contributed by atoms with Crippen molar-refractivity contribution < 1.29 is 9.53 Å². The van der Waals surface area contributed by atoms with Gasteiger partial charge in [0.15, 0.2) is 0 Å². The summed E-state index contributed by atoms with van der Waals surface area (Å²) < 4.78 is 5.56. The number of amides is 1. The van der Waals surface area contributed by atoms with Crippen molar-refractivity contribution in [3.63, 3.8) is 0 Å². The third-order valence-electron chi connectivity index (χ3n) is 4.99. The molecule has 1 N–H and O–H groups in total. The minimum atomic E-state index is 0.00162. The molecule has 3 aromatic rings. The van der Waals surface area contributed by atoms with Crippen LogP contribution in [0.2, 0.25) is 0 Å². The van der Waals surface area contributed by atoms with Crippen LogP contribution in [-0.4, -0.2) is 40.9 Å². The van der Waals surface area contributed by atoms with Crippen LogP contribution in [0.1, 0.15) is 29.7 Å². The van der Waals surface area contributed by atoms with Gasteiger partial charge in [-0.1, -0.05) is 53.7 Å². The Morgan fingerprint density at radius 2 is 1.90 bits per heavy atom. The molecule has 0 bridgehead atoms. The van der Waals surface area contributed by atoms with Crippen LogP contribution in [0.5, 0.6) is 0 Å². The normalized spacial score (nSPS) is 16.2. The second-order valence-electron chi connectivity index (χ2n) is 7.35. The molecule has 0 aliphatic carbocycles. The summed E-state index contributed by atoms with van der Waals surface area (Å²) in [7, 11) is 0. The van der Waals surface area contributed by atoms with Gasteiger partial charge in [0.25, 0.3) is 0 Å². The second-order valence-corrected chi connectivity index (χ2v) is 8.32. The number of carbonyl (C=O) groups excluding carboxylic acids is 1. The Labute approximate surface area is 175 Å². The number of ether oxygens (including phenoxy) is 1. The number of aryl methyl sites for hydroxylation is 1. The van der Waals surface area contributed by atoms with Crippen molar-refractivity contribution in [2.24, 2.45) is 0 Å². The number of hydrogen-bond donors (Lipinski definition) is 1. The third-order valence-corrected chi connectivity index (χ3v) is 6.00. The summed E-state index contributed by atoms with van der Waals surface area (Å²) >= 11 is 1.45. The van der Waals surface area contributed by atoms with E-state index in [0.29, 0.717) is 18.7 Å². The van der Waals surface area contributed by atoms with Crippen LogP contribution in [0.25, 0.3) is 11.0 Å². The molecule has 0 unspecified atom stereocenters. The fraction of sp³-hybridized carbons (Fsp3) is 0.348. The van der Waals surface area contributed by atoms with Crippen LogP contribution in [0, 0.1) is 6.92 Å². The number of carbonyl (C=O) groups is 1. The van der Waals surface area contributed by atoms with E-state index in [1.54, 1.807) is 0 Å². The molecule has 1 amide bonds. The summed E-state index contributed by atoms with van der Waals surface area (Å²) in [5.74, 6) is 0.322. The fourth-order valence-corrected chi connectivity index (χ4v) is 4.19. The predicted octanol–water partition coefficient (Wildman–Crippen LogP) is 3.92. The van der Waals surface area contributed by atoms with Crippen molar-refractivity contribution in [1.29, 1.82) is 0 Å². The molecule has 1 atom stereocenters. The van der Waals surface area contributed by atoms with Crippen molar-refractivity contribution in [2.75, 3.05) is 18.9 Å². The van der Waals surface area contributed by atoms with Gasteiger partial charge in [0.1, 0.15) is 5.03 Å². The molecule has 1 aliphatic heterocycles. The standard InChI is InChI=1S/C23H25N3O2S/c1-16-8-10-17(11-9-16)13-21-23(26-20-7-3-2-6-19(20)25-21)29-15-22(27)24-14-18-5-4-12-28-18/h2-3,6-11,18H,4-5,12-15H2,1H3,(H,24,27)/t18-/m1/s1. The highest BCUT2D eigenvalue weighted by Crippen LogP contribution is 2.24. The second kappa shape index (κ2) is 9.37. The molecule has 4 rings (SSSR count). The van der Waals surface area contributed by atoms with Crippen molar-refractivity contribution in [1.82, 2.24) is 15.3 Å². The number of thioether (sulfide) groups is 1. The van der Waals surface area contributed by atoms with Crippen LogP contribution < -0.4 is 5.32 Å². The molecule has 6 heteroatoms. The summed E-state index contributed by atoms with van der Waals surface area (Å²) in [5, 5.41) is 3.79. The number of para-hydroxylation sites is 2. The van der Waals surface area contributed by atoms with Crippen LogP contribution in [-0.2, 0) is 16.0 Å². The Balaban J connectivity index is 1.48. The summed E-state index contributed by atoms with van der Waals surface area (Å²) in [6.07, 6.45) is 2.94. The van der Waals surface area contributed by atoms with Gasteiger partial charge in [0.2, 0.25) is 5.91 Å². The highest BCUT2D eigenvalue weighted by molar-refractivity contribution is 7.99. The molecule has 0 radical (unpaired) electrons. The SMILES string of the molecule is Cc1ccc(Cc2nc3ccccc3nc2SCC(=O)NC[C@H]2CCCO2)cc1. The molecule has 150 valence electrons. The molecule has 29 heavy (non-hydrogen) atoms. The lowest BCUT2D eigenvalue weighted by molar-refractivity contribution is -0.119. The molecule has 0 saturated carbocycles. The van der Waals surface area contributed by atoms with Gasteiger partial charge in [-0.3, -0.25) is 4.79 Å². The number of rotatable bonds is 7. The van der Waals surface area contributed by atoms with Crippen LogP contribution in [0.4, 0.5) is 0 Å². The predicted molar refractivity (Wildman–Crippen MR) is 116 cm³/mol. The Morgan fingerprint density at radius 1 is 1.14 bits per heavy atom. The van der Waals surface area contributed by atoms with E-state index >= 15 is 0 Å². The van der Waals surface area contributed by atoms with Crippen LogP contribution in [0.3, 0.4) is 0 Å². The molecule has 1 aromatic heterocycles. The smallest absolute Gasteiger partial charge is 0.230 e. The molecule has 1 saturated heterocycles. The van der Waals surface area contributed by atoms with Crippen molar-refractivity contribution in [3.8, 4) is 0 Å². The van der Waals surface area contributed by atoms with Gasteiger partial charge in [-0.05, 0) is 37.5 Å². The Kier molecular flexibility index (Phi) is 6.42. The van der Waals surface area contributed by atoms with Gasteiger partial charge >= 0.3 is 0 Å². The van der Waals surface area contributed by atoms with E-state index in [-0.39, 0.29) is 12.0 Å². The summed E-state index contributed by atoms with van der Waals surface area (Å²) in [4.78, 5) is 21.9. The first-order valence-corrected chi connectivity index (χ1v) is 11.0. The van der Waals surface area contributed by atoms with E-state index in [0.717, 1.165) is 41.2 Å². The number of nitrogens with zero attached hydrogens (tertiary/aromatic N) is 2. The topological polar surface area (TPSA) is 64.1 Å². The largest absolute Gasteiger partial charge is 0.376 e. The number of hydrogen-bond acceptors (Lipinski definition) is 5. The summed E-state index contributed by atoms with van der Waals surface area (Å²) in [5.41, 5.74) is 5.05. The highest BCUT2D eigenvalue weighted by Gasteiger charge is 2.17. The molecular formula is C23H25N3O2S. The minimum Gasteiger partial charge on any atom is -0.376 e. The number of nitrogens with one attached hydrogen (secondary N) is 1. The van der Waals surface area contributed by atoms with Crippen LogP contribution >= 0.6 is 11.8 Å². The molecule has 1 aliphatic rings. The maximum Gasteiger partial charge on any atom is 0.230 e. The molecule has 0 spiro atoms. The van der Waals surface area contributed by atoms with Gasteiger partial charge in [0.05, 0.1) is 28.6 Å². The van der Waals surface area contributed by atoms with E-state index in [9.17, 15) is 4.79 Å². The fourth-order valence-electron chi connectivity index (χ4n) is 3.37. The maximum absolute atomic E-state index is 12.3. The van der Waals surface area contributed by atoms with E-state index in [1.807, 2.05) is 24.3 Å². The van der Waals surface area contributed by atoms with Crippen molar-refractivity contribution in [3.05, 3.63) is 65.4 Å². The van der Waals surface area contributed by atoms with E-state index < -0.39 is 0 Å². The molecule has 2 aromatic carbocycles. The zero-order valence-corrected chi connectivity index (χ0v) is 17.4. The number of aromatic nitrogens is 2. The van der Waals surface area contributed by atoms with E-state index in [4.69, 9.17) is 14.7 Å². The average Bonchev–Trinajstić information content (AvgIpc) is 3.26. The summed E-state index contributed by atoms with van der Waals surface area (Å²) in [6, 6.07) is 16.3. The summed E-state index contributed by atoms with van der Waals surface area (Å²) in [6.45, 7) is 3.46. The van der Waals surface area contributed by atoms with Gasteiger partial charge in [-0.15, -0.1) is 0 Å². The number of fused-ring (bicyclic) bond motifs is 1. The zero-order valence-electron chi connectivity index (χ0n) is 16.6. The number of benzene rings is 2. The molecule has 5 nitrogen and oxygen atoms in total. The van der Waals surface area contributed by atoms with E-state index in [1.165, 1.54) is 22.9 Å². The first-order chi connectivity index (χ1) is 14.2. The van der Waals surface area contributed by atoms with Crippen LogP contribution in [0.15, 0.2) is 53.6 Å². The lowest BCUT2D eigenvalue weighted by atomic mass is 10.1. The minimum absolute atomic E-state index is 0.00162. The van der Waals surface area contributed by atoms with Crippen molar-refractivity contribution in [2.45, 2.75) is 37.3 Å². The lowest BCUT2D eigenvalue weighted by Crippen LogP contribution is -2.32.